The summed E-state index contributed by atoms with van der Waals surface area (Å²) in [5.41, 5.74) is 7.07. The number of nitrogens with zero attached hydrogens (tertiary/aromatic N) is 2. The van der Waals surface area contributed by atoms with Gasteiger partial charge in [0.2, 0.25) is 5.91 Å². The zero-order valence-electron chi connectivity index (χ0n) is 18.6. The van der Waals surface area contributed by atoms with Gasteiger partial charge in [0.25, 0.3) is 5.91 Å². The van der Waals surface area contributed by atoms with Crippen LogP contribution in [0.1, 0.15) is 34.6 Å². The first-order chi connectivity index (χ1) is 16.2. The number of carbonyl (C=O) groups is 2. The Morgan fingerprint density at radius 3 is 2.47 bits per heavy atom. The van der Waals surface area contributed by atoms with E-state index < -0.39 is 11.8 Å². The number of pyridine rings is 1. The number of primary amides is 1. The summed E-state index contributed by atoms with van der Waals surface area (Å²) in [5, 5.41) is 2.33. The van der Waals surface area contributed by atoms with Crippen LogP contribution in [-0.4, -0.2) is 30.5 Å². The minimum Gasteiger partial charge on any atom is -0.493 e. The lowest BCUT2D eigenvalue weighted by molar-refractivity contribution is 0.0574. The summed E-state index contributed by atoms with van der Waals surface area (Å²) in [6.45, 7) is 4.13. The number of amides is 2. The van der Waals surface area contributed by atoms with Crippen LogP contribution in [0, 0.1) is 5.92 Å². The Bertz CT molecular complexity index is 1400. The number of benzene rings is 2. The van der Waals surface area contributed by atoms with Crippen LogP contribution in [0.2, 0.25) is 10.0 Å². The molecule has 0 aliphatic carbocycles. The largest absolute Gasteiger partial charge is 0.493 e. The van der Waals surface area contributed by atoms with E-state index in [0.717, 1.165) is 5.06 Å². The smallest absolute Gasteiger partial charge is 0.282 e. The van der Waals surface area contributed by atoms with Crippen LogP contribution < -0.4 is 15.5 Å². The maximum Gasteiger partial charge on any atom is 0.282 e. The maximum atomic E-state index is 13.6. The fourth-order valence-corrected chi connectivity index (χ4v) is 4.04. The van der Waals surface area contributed by atoms with Gasteiger partial charge in [0.15, 0.2) is 11.3 Å². The van der Waals surface area contributed by atoms with E-state index in [2.05, 4.69) is 4.98 Å². The molecule has 34 heavy (non-hydrogen) atoms. The number of halogens is 2. The summed E-state index contributed by atoms with van der Waals surface area (Å²) in [6.07, 6.45) is 2.75. The van der Waals surface area contributed by atoms with Gasteiger partial charge in [0, 0.05) is 28.7 Å². The van der Waals surface area contributed by atoms with E-state index in [1.807, 2.05) is 13.8 Å². The van der Waals surface area contributed by atoms with Gasteiger partial charge in [0.1, 0.15) is 11.3 Å². The molecule has 0 saturated carbocycles. The number of furan rings is 1. The molecule has 4 rings (SSSR count). The highest BCUT2D eigenvalue weighted by molar-refractivity contribution is 6.39. The predicted octanol–water partition coefficient (Wildman–Crippen LogP) is 5.63. The van der Waals surface area contributed by atoms with Crippen molar-refractivity contribution < 1.29 is 23.6 Å². The molecule has 0 atom stereocenters. The molecule has 0 fully saturated rings. The number of methoxy groups -OCH3 is 1. The second-order valence-electron chi connectivity index (χ2n) is 7.94. The van der Waals surface area contributed by atoms with Crippen molar-refractivity contribution in [2.24, 2.45) is 11.7 Å². The number of hydroxylamine groups is 1. The van der Waals surface area contributed by atoms with Gasteiger partial charge in [-0.3, -0.25) is 19.4 Å². The molecule has 0 unspecified atom stereocenters. The number of hydrogen-bond acceptors (Lipinski definition) is 6. The fourth-order valence-electron chi connectivity index (χ4n) is 3.52. The van der Waals surface area contributed by atoms with Crippen LogP contribution in [0.4, 0.5) is 5.69 Å². The van der Waals surface area contributed by atoms with Gasteiger partial charge in [-0.2, -0.15) is 5.06 Å². The Hall–Kier alpha value is -3.33. The summed E-state index contributed by atoms with van der Waals surface area (Å²) in [4.78, 5) is 35.5. The number of ether oxygens (including phenoxy) is 1. The number of carbonyl (C=O) groups excluding carboxylic acids is 2. The van der Waals surface area contributed by atoms with Gasteiger partial charge in [-0.1, -0.05) is 37.0 Å². The summed E-state index contributed by atoms with van der Waals surface area (Å²) >= 11 is 12.6. The third-order valence-electron chi connectivity index (χ3n) is 5.07. The average Bonchev–Trinajstić information content (AvgIpc) is 3.18. The molecule has 2 aromatic carbocycles. The highest BCUT2D eigenvalue weighted by Gasteiger charge is 2.26. The molecule has 0 aliphatic heterocycles. The van der Waals surface area contributed by atoms with Crippen molar-refractivity contribution in [2.45, 2.75) is 13.8 Å². The van der Waals surface area contributed by atoms with Gasteiger partial charge in [-0.15, -0.1) is 0 Å². The van der Waals surface area contributed by atoms with Crippen molar-refractivity contribution in [3.63, 3.8) is 0 Å². The lowest BCUT2D eigenvalue weighted by Crippen LogP contribution is -2.33. The first kappa shape index (κ1) is 23.8. The Labute approximate surface area is 205 Å². The van der Waals surface area contributed by atoms with Gasteiger partial charge in [-0.05, 0) is 36.2 Å². The summed E-state index contributed by atoms with van der Waals surface area (Å²) in [5.74, 6) is -0.596. The van der Waals surface area contributed by atoms with E-state index in [4.69, 9.17) is 42.9 Å². The van der Waals surface area contributed by atoms with Gasteiger partial charge >= 0.3 is 0 Å². The molecule has 10 heteroatoms. The number of hydrogen-bond donors (Lipinski definition) is 1. The third kappa shape index (κ3) is 4.27. The van der Waals surface area contributed by atoms with Crippen LogP contribution in [0.15, 0.2) is 47.1 Å². The average molecular weight is 502 g/mol. The Kier molecular flexibility index (Phi) is 6.65. The number of anilines is 1. The Morgan fingerprint density at radius 2 is 1.85 bits per heavy atom. The van der Waals surface area contributed by atoms with Crippen molar-refractivity contribution >= 4 is 62.6 Å². The predicted molar refractivity (Wildman–Crippen MR) is 131 cm³/mol. The minimum atomic E-state index is -0.635. The molecule has 4 aromatic rings. The molecule has 2 heterocycles. The highest BCUT2D eigenvalue weighted by Crippen LogP contribution is 2.38. The minimum absolute atomic E-state index is 0.126. The first-order valence-corrected chi connectivity index (χ1v) is 11.1. The van der Waals surface area contributed by atoms with Crippen molar-refractivity contribution in [2.75, 3.05) is 18.8 Å². The number of fused-ring (bicyclic) bond motifs is 3. The monoisotopic (exact) mass is 501 g/mol. The number of aromatic nitrogens is 1. The fraction of sp³-hybridized carbons (Fsp3) is 0.208. The van der Waals surface area contributed by atoms with E-state index in [9.17, 15) is 9.59 Å². The van der Waals surface area contributed by atoms with Crippen LogP contribution in [0.5, 0.6) is 5.75 Å². The normalized spacial score (nSPS) is 11.4. The molecule has 176 valence electrons. The molecule has 2 aromatic heterocycles. The highest BCUT2D eigenvalue weighted by atomic mass is 35.5. The lowest BCUT2D eigenvalue weighted by atomic mass is 10.0. The molecule has 0 aliphatic rings. The van der Waals surface area contributed by atoms with Crippen LogP contribution in [-0.2, 0) is 4.84 Å². The molecule has 8 nitrogen and oxygen atoms in total. The Balaban J connectivity index is 1.89. The summed E-state index contributed by atoms with van der Waals surface area (Å²) in [7, 11) is 1.49. The summed E-state index contributed by atoms with van der Waals surface area (Å²) < 4.78 is 11.3. The van der Waals surface area contributed by atoms with Gasteiger partial charge in [-0.25, -0.2) is 0 Å². The maximum absolute atomic E-state index is 13.6. The van der Waals surface area contributed by atoms with Crippen LogP contribution in [0.3, 0.4) is 0 Å². The van der Waals surface area contributed by atoms with Crippen molar-refractivity contribution in [3.8, 4) is 5.75 Å². The zero-order chi connectivity index (χ0) is 24.6. The molecule has 0 bridgehead atoms. The van der Waals surface area contributed by atoms with E-state index in [0.29, 0.717) is 27.7 Å². The molecule has 2 N–H and O–H groups in total. The topological polar surface area (TPSA) is 108 Å². The second kappa shape index (κ2) is 9.50. The van der Waals surface area contributed by atoms with E-state index >= 15 is 0 Å². The molecule has 0 radical (unpaired) electrons. The van der Waals surface area contributed by atoms with Crippen molar-refractivity contribution in [3.05, 3.63) is 63.9 Å². The quantitative estimate of drug-likeness (QED) is 0.328. The Morgan fingerprint density at radius 1 is 1.15 bits per heavy atom. The van der Waals surface area contributed by atoms with Gasteiger partial charge in [0.05, 0.1) is 29.3 Å². The zero-order valence-corrected chi connectivity index (χ0v) is 20.1. The number of nitrogens with two attached hydrogens (primary N) is 1. The third-order valence-corrected chi connectivity index (χ3v) is 5.62. The number of rotatable bonds is 7. The van der Waals surface area contributed by atoms with Gasteiger partial charge < -0.3 is 14.9 Å². The lowest BCUT2D eigenvalue weighted by Gasteiger charge is -2.24. The van der Waals surface area contributed by atoms with Crippen LogP contribution in [0.25, 0.3) is 21.9 Å². The standard InChI is InChI=1S/C24H21Cl2N3O5/c1-12(2)11-33-29(21-16(25)9-28-10-17(21)26)24(31)13-4-6-18-15(8-13)20-14(23(27)30)5-7-19(32-3)22(20)34-18/h4-10,12H,11H2,1-3H3,(H2,27,30). The SMILES string of the molecule is COc1ccc(C(N)=O)c2c1oc1ccc(C(=O)N(OCC(C)C)c3c(Cl)cncc3Cl)cc12. The van der Waals surface area contributed by atoms with E-state index in [-0.39, 0.29) is 39.4 Å². The molecular weight excluding hydrogens is 481 g/mol. The molecule has 0 spiro atoms. The first-order valence-electron chi connectivity index (χ1n) is 10.3. The van der Waals surface area contributed by atoms with Crippen molar-refractivity contribution in [1.82, 2.24) is 4.98 Å². The molecular formula is C24H21Cl2N3O5. The van der Waals surface area contributed by atoms with E-state index in [1.165, 1.54) is 19.5 Å². The van der Waals surface area contributed by atoms with Crippen LogP contribution >= 0.6 is 23.2 Å². The summed E-state index contributed by atoms with van der Waals surface area (Å²) in [6, 6.07) is 7.97. The molecule has 0 saturated heterocycles. The van der Waals surface area contributed by atoms with Crippen molar-refractivity contribution in [1.29, 1.82) is 0 Å². The van der Waals surface area contributed by atoms with E-state index in [1.54, 1.807) is 30.3 Å². The molecule has 2 amide bonds. The second-order valence-corrected chi connectivity index (χ2v) is 8.75.